The summed E-state index contributed by atoms with van der Waals surface area (Å²) >= 11 is 3.34. The Morgan fingerprint density at radius 3 is 2.53 bits per heavy atom. The lowest BCUT2D eigenvalue weighted by atomic mass is 10.1. The second-order valence-electron chi connectivity index (χ2n) is 7.89. The van der Waals surface area contributed by atoms with Crippen molar-refractivity contribution in [2.75, 3.05) is 0 Å². The van der Waals surface area contributed by atoms with Crippen molar-refractivity contribution < 1.29 is 4.74 Å². The Hall–Kier alpha value is -2.64. The molecule has 2 aromatic carbocycles. The molecule has 0 fully saturated rings. The third-order valence-corrected chi connectivity index (χ3v) is 7.36. The number of nitrogens with zero attached hydrogens (tertiary/aromatic N) is 4. The van der Waals surface area contributed by atoms with Gasteiger partial charge in [0.2, 0.25) is 0 Å². The molecule has 0 saturated carbocycles. The fourth-order valence-corrected chi connectivity index (χ4v) is 5.22. The fraction of sp³-hybridized carbons (Fsp3) is 0.320. The van der Waals surface area contributed by atoms with Gasteiger partial charge in [-0.05, 0) is 57.9 Å². The zero-order chi connectivity index (χ0) is 22.7. The van der Waals surface area contributed by atoms with Crippen molar-refractivity contribution in [1.82, 2.24) is 19.7 Å². The predicted molar refractivity (Wildman–Crippen MR) is 133 cm³/mol. The molecule has 0 aliphatic rings. The minimum Gasteiger partial charge on any atom is -0.483 e. The molecule has 166 valence electrons. The molecular weight excluding hydrogens is 436 g/mol. The van der Waals surface area contributed by atoms with E-state index in [0.717, 1.165) is 45.3 Å². The lowest BCUT2D eigenvalue weighted by Gasteiger charge is -2.16. The Morgan fingerprint density at radius 1 is 1.03 bits per heavy atom. The average Bonchev–Trinajstić information content (AvgIpc) is 3.42. The van der Waals surface area contributed by atoms with E-state index in [4.69, 9.17) is 9.72 Å². The largest absolute Gasteiger partial charge is 0.483 e. The molecule has 7 heteroatoms. The van der Waals surface area contributed by atoms with Gasteiger partial charge in [-0.15, -0.1) is 21.5 Å². The highest BCUT2D eigenvalue weighted by molar-refractivity contribution is 7.98. The first-order chi connectivity index (χ1) is 15.4. The van der Waals surface area contributed by atoms with E-state index in [1.54, 1.807) is 23.1 Å². The first-order valence-corrected chi connectivity index (χ1v) is 12.6. The van der Waals surface area contributed by atoms with Crippen LogP contribution in [-0.2, 0) is 12.3 Å². The van der Waals surface area contributed by atoms with Gasteiger partial charge in [-0.25, -0.2) is 4.98 Å². The van der Waals surface area contributed by atoms with Crippen LogP contribution in [0.25, 0.3) is 10.6 Å². The molecule has 1 atom stereocenters. The molecule has 0 N–H and O–H groups in total. The van der Waals surface area contributed by atoms with Crippen LogP contribution >= 0.6 is 23.1 Å². The minimum atomic E-state index is -0.189. The summed E-state index contributed by atoms with van der Waals surface area (Å²) in [5.74, 6) is 2.45. The highest BCUT2D eigenvalue weighted by Crippen LogP contribution is 2.30. The summed E-state index contributed by atoms with van der Waals surface area (Å²) in [5.41, 5.74) is 5.95. The van der Waals surface area contributed by atoms with Crippen molar-refractivity contribution in [3.63, 3.8) is 0 Å². The monoisotopic (exact) mass is 464 g/mol. The summed E-state index contributed by atoms with van der Waals surface area (Å²) in [6, 6.07) is 14.7. The van der Waals surface area contributed by atoms with Crippen molar-refractivity contribution in [3.05, 3.63) is 76.1 Å². The first kappa shape index (κ1) is 22.6. The summed E-state index contributed by atoms with van der Waals surface area (Å²) in [5, 5.41) is 13.0. The molecule has 0 bridgehead atoms. The molecule has 0 aliphatic carbocycles. The molecule has 5 nitrogen and oxygen atoms in total. The van der Waals surface area contributed by atoms with Gasteiger partial charge in [0, 0.05) is 23.2 Å². The van der Waals surface area contributed by atoms with Crippen LogP contribution in [0, 0.1) is 20.8 Å². The minimum absolute atomic E-state index is 0.189. The number of hydrogen-bond acceptors (Lipinski definition) is 6. The van der Waals surface area contributed by atoms with Gasteiger partial charge < -0.3 is 9.30 Å². The lowest BCUT2D eigenvalue weighted by Crippen LogP contribution is -2.12. The maximum absolute atomic E-state index is 6.17. The molecule has 0 radical (unpaired) electrons. The van der Waals surface area contributed by atoms with Crippen LogP contribution in [-0.4, -0.2) is 19.7 Å². The summed E-state index contributed by atoms with van der Waals surface area (Å²) < 4.78 is 8.30. The topological polar surface area (TPSA) is 52.8 Å². The summed E-state index contributed by atoms with van der Waals surface area (Å²) in [4.78, 5) is 4.81. The van der Waals surface area contributed by atoms with Crippen LogP contribution < -0.4 is 4.74 Å². The first-order valence-electron chi connectivity index (χ1n) is 10.8. The summed E-state index contributed by atoms with van der Waals surface area (Å²) in [6.45, 7) is 11.2. The summed E-state index contributed by atoms with van der Waals surface area (Å²) in [7, 11) is 0. The molecule has 0 saturated heterocycles. The van der Waals surface area contributed by atoms with E-state index in [9.17, 15) is 0 Å². The fourth-order valence-electron chi connectivity index (χ4n) is 3.39. The Labute approximate surface area is 197 Å². The van der Waals surface area contributed by atoms with Gasteiger partial charge in [-0.3, -0.25) is 0 Å². The Morgan fingerprint density at radius 2 is 1.81 bits per heavy atom. The van der Waals surface area contributed by atoms with Gasteiger partial charge in [0.1, 0.15) is 10.8 Å². The zero-order valence-electron chi connectivity index (χ0n) is 19.1. The molecule has 0 spiro atoms. The Kier molecular flexibility index (Phi) is 6.96. The van der Waals surface area contributed by atoms with E-state index >= 15 is 0 Å². The van der Waals surface area contributed by atoms with E-state index in [1.165, 1.54) is 16.7 Å². The highest BCUT2D eigenvalue weighted by atomic mass is 32.2. The van der Waals surface area contributed by atoms with Crippen LogP contribution in [0.1, 0.15) is 48.2 Å². The third-order valence-electron chi connectivity index (χ3n) is 5.42. The van der Waals surface area contributed by atoms with Crippen LogP contribution in [0.5, 0.6) is 5.75 Å². The van der Waals surface area contributed by atoms with Gasteiger partial charge in [-0.1, -0.05) is 47.7 Å². The van der Waals surface area contributed by atoms with Crippen molar-refractivity contribution in [2.45, 2.75) is 58.2 Å². The number of benzene rings is 2. The quantitative estimate of drug-likeness (QED) is 0.269. The molecule has 4 rings (SSSR count). The number of hydrogen-bond donors (Lipinski definition) is 0. The van der Waals surface area contributed by atoms with Gasteiger partial charge in [0.25, 0.3) is 0 Å². The molecule has 4 aromatic rings. The number of ether oxygens (including phenoxy) is 1. The second-order valence-corrected chi connectivity index (χ2v) is 9.69. The van der Waals surface area contributed by atoms with Crippen molar-refractivity contribution in [1.29, 1.82) is 0 Å². The van der Waals surface area contributed by atoms with Crippen LogP contribution in [0.4, 0.5) is 0 Å². The van der Waals surface area contributed by atoms with E-state index in [2.05, 4.69) is 84.2 Å². The number of aromatic nitrogens is 4. The maximum atomic E-state index is 6.17. The third kappa shape index (κ3) is 5.05. The van der Waals surface area contributed by atoms with Gasteiger partial charge in [-0.2, -0.15) is 0 Å². The highest BCUT2D eigenvalue weighted by Gasteiger charge is 2.19. The standard InChI is InChI=1S/C25H28N4OS2/c1-6-29-23(19(5)30-22-12-9-17(3)18(4)13-22)27-28-25(29)32-15-21-14-31-24(26-21)20-10-7-16(2)8-11-20/h7-14,19H,6,15H2,1-5H3. The van der Waals surface area contributed by atoms with Crippen LogP contribution in [0.15, 0.2) is 53.0 Å². The maximum Gasteiger partial charge on any atom is 0.191 e. The second kappa shape index (κ2) is 9.88. The van der Waals surface area contributed by atoms with Crippen molar-refractivity contribution in [2.24, 2.45) is 0 Å². The van der Waals surface area contributed by atoms with E-state index in [-0.39, 0.29) is 6.10 Å². The van der Waals surface area contributed by atoms with E-state index in [1.807, 2.05) is 13.0 Å². The predicted octanol–water partition coefficient (Wildman–Crippen LogP) is 6.78. The molecule has 2 heterocycles. The van der Waals surface area contributed by atoms with Crippen LogP contribution in [0.2, 0.25) is 0 Å². The number of thiazole rings is 1. The average molecular weight is 465 g/mol. The molecular formula is C25H28N4OS2. The number of thioether (sulfide) groups is 1. The molecule has 0 amide bonds. The van der Waals surface area contributed by atoms with E-state index in [0.29, 0.717) is 0 Å². The Balaban J connectivity index is 1.44. The number of aryl methyl sites for hydroxylation is 3. The van der Waals surface area contributed by atoms with Gasteiger partial charge in [0.15, 0.2) is 17.1 Å². The van der Waals surface area contributed by atoms with Crippen molar-refractivity contribution in [3.8, 4) is 16.3 Å². The van der Waals surface area contributed by atoms with Gasteiger partial charge in [0.05, 0.1) is 5.69 Å². The van der Waals surface area contributed by atoms with Gasteiger partial charge >= 0.3 is 0 Å². The lowest BCUT2D eigenvalue weighted by molar-refractivity contribution is 0.209. The SMILES string of the molecule is CCn1c(SCc2csc(-c3ccc(C)cc3)n2)nnc1C(C)Oc1ccc(C)c(C)c1. The van der Waals surface area contributed by atoms with Crippen LogP contribution in [0.3, 0.4) is 0 Å². The van der Waals surface area contributed by atoms with E-state index < -0.39 is 0 Å². The molecule has 32 heavy (non-hydrogen) atoms. The normalized spacial score (nSPS) is 12.2. The van der Waals surface area contributed by atoms with Crippen molar-refractivity contribution >= 4 is 23.1 Å². The molecule has 1 unspecified atom stereocenters. The molecule has 0 aliphatic heterocycles. The Bertz CT molecular complexity index is 1200. The summed E-state index contributed by atoms with van der Waals surface area (Å²) in [6.07, 6.45) is -0.189. The molecule has 2 aromatic heterocycles. The number of rotatable bonds is 8. The smallest absolute Gasteiger partial charge is 0.191 e. The zero-order valence-corrected chi connectivity index (χ0v) is 20.8.